The van der Waals surface area contributed by atoms with Gasteiger partial charge < -0.3 is 5.73 Å². The molecule has 0 bridgehead atoms. The van der Waals surface area contributed by atoms with Gasteiger partial charge in [-0.05, 0) is 44.4 Å². The fraction of sp³-hybridized carbons (Fsp3) is 0.571. The highest BCUT2D eigenvalue weighted by molar-refractivity contribution is 7.89. The Hall–Kier alpha value is -0.980. The van der Waals surface area contributed by atoms with Gasteiger partial charge in [0.15, 0.2) is 0 Å². The fourth-order valence-corrected chi connectivity index (χ4v) is 4.51. The van der Waals surface area contributed by atoms with Crippen LogP contribution in [0.15, 0.2) is 17.0 Å². The van der Waals surface area contributed by atoms with E-state index in [0.717, 1.165) is 25.7 Å². The van der Waals surface area contributed by atoms with E-state index in [4.69, 9.17) is 5.73 Å². The summed E-state index contributed by atoms with van der Waals surface area (Å²) in [5.41, 5.74) is 5.67. The third kappa shape index (κ3) is 3.02. The molecule has 6 heteroatoms. The number of benzene rings is 1. The summed E-state index contributed by atoms with van der Waals surface area (Å²) in [6.45, 7) is 3.48. The van der Waals surface area contributed by atoms with Gasteiger partial charge in [-0.3, -0.25) is 0 Å². The van der Waals surface area contributed by atoms with E-state index in [0.29, 0.717) is 5.56 Å². The summed E-state index contributed by atoms with van der Waals surface area (Å²) in [6, 6.07) is 2.74. The Morgan fingerprint density at radius 2 is 1.95 bits per heavy atom. The maximum atomic E-state index is 13.8. The number of nitrogens with one attached hydrogen (secondary N) is 1. The minimum Gasteiger partial charge on any atom is -0.326 e. The minimum atomic E-state index is -3.73. The van der Waals surface area contributed by atoms with Crippen molar-refractivity contribution in [3.63, 3.8) is 0 Å². The van der Waals surface area contributed by atoms with Crippen molar-refractivity contribution >= 4 is 10.0 Å². The Labute approximate surface area is 119 Å². The van der Waals surface area contributed by atoms with Crippen LogP contribution in [0.2, 0.25) is 0 Å². The van der Waals surface area contributed by atoms with Crippen LogP contribution in [-0.2, 0) is 16.6 Å². The zero-order valence-corrected chi connectivity index (χ0v) is 12.7. The molecule has 20 heavy (non-hydrogen) atoms. The molecule has 1 fully saturated rings. The summed E-state index contributed by atoms with van der Waals surface area (Å²) in [7, 11) is -3.73. The van der Waals surface area contributed by atoms with Crippen LogP contribution in [0.3, 0.4) is 0 Å². The molecule has 3 N–H and O–H groups in total. The molecule has 0 heterocycles. The first-order chi connectivity index (χ1) is 9.27. The quantitative estimate of drug-likeness (QED) is 0.895. The van der Waals surface area contributed by atoms with Crippen molar-refractivity contribution in [2.75, 3.05) is 0 Å². The SMILES string of the molecule is Cc1c(F)cc(CN)cc1S(=O)(=O)NC1(C)CCCC1. The van der Waals surface area contributed by atoms with Crippen molar-refractivity contribution in [2.45, 2.75) is 56.5 Å². The lowest BCUT2D eigenvalue weighted by Gasteiger charge is -2.25. The van der Waals surface area contributed by atoms with Gasteiger partial charge in [-0.2, -0.15) is 0 Å². The zero-order valence-electron chi connectivity index (χ0n) is 11.9. The smallest absolute Gasteiger partial charge is 0.241 e. The molecular weight excluding hydrogens is 279 g/mol. The van der Waals surface area contributed by atoms with Gasteiger partial charge in [-0.25, -0.2) is 17.5 Å². The van der Waals surface area contributed by atoms with E-state index in [2.05, 4.69) is 4.72 Å². The van der Waals surface area contributed by atoms with Gasteiger partial charge in [0.1, 0.15) is 5.82 Å². The van der Waals surface area contributed by atoms with E-state index in [-0.39, 0.29) is 17.0 Å². The average molecular weight is 300 g/mol. The molecule has 1 aliphatic rings. The number of nitrogens with two attached hydrogens (primary N) is 1. The van der Waals surface area contributed by atoms with Gasteiger partial charge in [-0.1, -0.05) is 12.8 Å². The van der Waals surface area contributed by atoms with Crippen LogP contribution in [0.1, 0.15) is 43.7 Å². The summed E-state index contributed by atoms with van der Waals surface area (Å²) in [5, 5.41) is 0. The maximum absolute atomic E-state index is 13.8. The predicted molar refractivity (Wildman–Crippen MR) is 76.2 cm³/mol. The summed E-state index contributed by atoms with van der Waals surface area (Å²) in [6.07, 6.45) is 3.64. The van der Waals surface area contributed by atoms with Crippen LogP contribution < -0.4 is 10.5 Å². The molecule has 0 aliphatic heterocycles. The largest absolute Gasteiger partial charge is 0.326 e. The molecule has 2 rings (SSSR count). The number of sulfonamides is 1. The Kier molecular flexibility index (Phi) is 4.18. The fourth-order valence-electron chi connectivity index (χ4n) is 2.74. The Morgan fingerprint density at radius 1 is 1.35 bits per heavy atom. The maximum Gasteiger partial charge on any atom is 0.241 e. The number of halogens is 1. The molecule has 112 valence electrons. The number of hydrogen-bond donors (Lipinski definition) is 2. The van der Waals surface area contributed by atoms with Crippen molar-refractivity contribution in [2.24, 2.45) is 5.73 Å². The monoisotopic (exact) mass is 300 g/mol. The summed E-state index contributed by atoms with van der Waals surface area (Å²) >= 11 is 0. The van der Waals surface area contributed by atoms with Crippen molar-refractivity contribution in [3.8, 4) is 0 Å². The highest BCUT2D eigenvalue weighted by atomic mass is 32.2. The number of hydrogen-bond acceptors (Lipinski definition) is 3. The lowest BCUT2D eigenvalue weighted by atomic mass is 10.0. The zero-order chi connectivity index (χ0) is 15.0. The van der Waals surface area contributed by atoms with Crippen LogP contribution in [0.25, 0.3) is 0 Å². The second-order valence-electron chi connectivity index (χ2n) is 5.78. The predicted octanol–water partition coefficient (Wildman–Crippen LogP) is 2.20. The van der Waals surface area contributed by atoms with E-state index in [9.17, 15) is 12.8 Å². The number of rotatable bonds is 4. The molecule has 1 aliphatic carbocycles. The van der Waals surface area contributed by atoms with E-state index in [1.54, 1.807) is 0 Å². The molecule has 1 aromatic rings. The van der Waals surface area contributed by atoms with Crippen LogP contribution in [0.5, 0.6) is 0 Å². The normalized spacial score (nSPS) is 18.4. The van der Waals surface area contributed by atoms with Crippen molar-refractivity contribution < 1.29 is 12.8 Å². The minimum absolute atomic E-state index is 0.00826. The van der Waals surface area contributed by atoms with Gasteiger partial charge in [0.05, 0.1) is 4.90 Å². The van der Waals surface area contributed by atoms with Crippen molar-refractivity contribution in [1.29, 1.82) is 0 Å². The molecule has 0 saturated heterocycles. The van der Waals surface area contributed by atoms with E-state index < -0.39 is 21.4 Å². The molecule has 0 unspecified atom stereocenters. The summed E-state index contributed by atoms with van der Waals surface area (Å²) in [5.74, 6) is -0.537. The molecule has 1 saturated carbocycles. The topological polar surface area (TPSA) is 72.2 Å². The first-order valence-corrected chi connectivity index (χ1v) is 8.29. The Morgan fingerprint density at radius 3 is 2.50 bits per heavy atom. The summed E-state index contributed by atoms with van der Waals surface area (Å²) in [4.78, 5) is -0.00826. The molecular formula is C14H21FN2O2S. The molecule has 0 aromatic heterocycles. The molecule has 0 spiro atoms. The van der Waals surface area contributed by atoms with Gasteiger partial charge in [-0.15, -0.1) is 0 Å². The standard InChI is InChI=1S/C14H21FN2O2S/c1-10-12(15)7-11(9-16)8-13(10)20(18,19)17-14(2)5-3-4-6-14/h7-8,17H,3-6,9,16H2,1-2H3. The lowest BCUT2D eigenvalue weighted by Crippen LogP contribution is -2.43. The van der Waals surface area contributed by atoms with Crippen LogP contribution in [0.4, 0.5) is 4.39 Å². The van der Waals surface area contributed by atoms with Gasteiger partial charge in [0.25, 0.3) is 0 Å². The molecule has 0 atom stereocenters. The van der Waals surface area contributed by atoms with Gasteiger partial charge >= 0.3 is 0 Å². The summed E-state index contributed by atoms with van der Waals surface area (Å²) < 4.78 is 41.6. The van der Waals surface area contributed by atoms with Gasteiger partial charge in [0, 0.05) is 17.6 Å². The third-order valence-corrected chi connectivity index (χ3v) is 5.73. The Bertz CT molecular complexity index is 608. The van der Waals surface area contributed by atoms with Crippen molar-refractivity contribution in [3.05, 3.63) is 29.1 Å². The third-order valence-electron chi connectivity index (χ3n) is 3.97. The van der Waals surface area contributed by atoms with Crippen molar-refractivity contribution in [1.82, 2.24) is 4.72 Å². The van der Waals surface area contributed by atoms with E-state index >= 15 is 0 Å². The second kappa shape index (κ2) is 5.42. The molecule has 1 aromatic carbocycles. The first-order valence-electron chi connectivity index (χ1n) is 6.80. The highest BCUT2D eigenvalue weighted by Gasteiger charge is 2.34. The lowest BCUT2D eigenvalue weighted by molar-refractivity contribution is 0.427. The molecule has 0 amide bonds. The molecule has 4 nitrogen and oxygen atoms in total. The van der Waals surface area contributed by atoms with Crippen LogP contribution in [0, 0.1) is 12.7 Å². The Balaban J connectivity index is 2.41. The van der Waals surface area contributed by atoms with Crippen LogP contribution >= 0.6 is 0 Å². The average Bonchev–Trinajstić information content (AvgIpc) is 2.77. The van der Waals surface area contributed by atoms with Crippen LogP contribution in [-0.4, -0.2) is 14.0 Å². The van der Waals surface area contributed by atoms with Gasteiger partial charge in [0.2, 0.25) is 10.0 Å². The first kappa shape index (κ1) is 15.4. The highest BCUT2D eigenvalue weighted by Crippen LogP contribution is 2.31. The second-order valence-corrected chi connectivity index (χ2v) is 7.43. The molecule has 0 radical (unpaired) electrons. The van der Waals surface area contributed by atoms with E-state index in [1.807, 2.05) is 6.92 Å². The van der Waals surface area contributed by atoms with E-state index in [1.165, 1.54) is 19.1 Å².